The van der Waals surface area contributed by atoms with E-state index in [0.29, 0.717) is 17.3 Å². The van der Waals surface area contributed by atoms with Gasteiger partial charge in [-0.1, -0.05) is 0 Å². The molecule has 3 heterocycles. The Balaban J connectivity index is 1.67. The number of amides is 1. The molecule has 22 heavy (non-hydrogen) atoms. The van der Waals surface area contributed by atoms with Gasteiger partial charge in [-0.2, -0.15) is 5.10 Å². The molecule has 0 aliphatic heterocycles. The fraction of sp³-hybridized carbons (Fsp3) is 0.0769. The van der Waals surface area contributed by atoms with Crippen LogP contribution in [0.3, 0.4) is 0 Å². The maximum absolute atomic E-state index is 13.4. The normalized spacial score (nSPS) is 10.4. The second-order valence-corrected chi connectivity index (χ2v) is 4.23. The summed E-state index contributed by atoms with van der Waals surface area (Å²) in [4.78, 5) is 27.6. The van der Waals surface area contributed by atoms with Crippen molar-refractivity contribution in [3.63, 3.8) is 0 Å². The molecule has 0 aliphatic rings. The zero-order valence-corrected chi connectivity index (χ0v) is 11.2. The summed E-state index contributed by atoms with van der Waals surface area (Å²) < 4.78 is 13.4. The zero-order chi connectivity index (χ0) is 15.4. The van der Waals surface area contributed by atoms with Crippen LogP contribution < -0.4 is 5.32 Å². The van der Waals surface area contributed by atoms with Crippen LogP contribution in [0, 0.1) is 5.82 Å². The van der Waals surface area contributed by atoms with Gasteiger partial charge in [-0.3, -0.25) is 19.9 Å². The van der Waals surface area contributed by atoms with E-state index in [-0.39, 0.29) is 12.1 Å². The Morgan fingerprint density at radius 2 is 2.09 bits per heavy atom. The number of halogens is 1. The van der Waals surface area contributed by atoms with Gasteiger partial charge in [0, 0.05) is 18.6 Å². The van der Waals surface area contributed by atoms with Crippen molar-refractivity contribution < 1.29 is 9.18 Å². The second kappa shape index (κ2) is 6.04. The molecule has 3 aromatic heterocycles. The van der Waals surface area contributed by atoms with E-state index in [2.05, 4.69) is 35.5 Å². The van der Waals surface area contributed by atoms with Gasteiger partial charge in [0.2, 0.25) is 5.82 Å². The van der Waals surface area contributed by atoms with Gasteiger partial charge < -0.3 is 5.32 Å². The quantitative estimate of drug-likeness (QED) is 0.735. The van der Waals surface area contributed by atoms with E-state index in [1.165, 1.54) is 24.7 Å². The third kappa shape index (κ3) is 2.92. The predicted molar refractivity (Wildman–Crippen MR) is 72.8 cm³/mol. The fourth-order valence-corrected chi connectivity index (χ4v) is 1.72. The molecule has 1 amide bonds. The largest absolute Gasteiger partial charge is 0.345 e. The van der Waals surface area contributed by atoms with Gasteiger partial charge in [-0.05, 0) is 6.07 Å². The van der Waals surface area contributed by atoms with Crippen molar-refractivity contribution in [3.8, 4) is 11.5 Å². The van der Waals surface area contributed by atoms with Crippen LogP contribution in [0.4, 0.5) is 4.39 Å². The Hall–Kier alpha value is -3.23. The van der Waals surface area contributed by atoms with Crippen molar-refractivity contribution in [3.05, 3.63) is 54.3 Å². The number of pyridine rings is 1. The highest BCUT2D eigenvalue weighted by Crippen LogP contribution is 2.09. The number of carbonyl (C=O) groups is 1. The van der Waals surface area contributed by atoms with Crippen LogP contribution in [-0.2, 0) is 6.54 Å². The minimum absolute atomic E-state index is 0.0772. The molecule has 0 spiro atoms. The number of carbonyl (C=O) groups excluding carboxylic acids is 1. The number of rotatable bonds is 4. The first-order valence-electron chi connectivity index (χ1n) is 6.29. The summed E-state index contributed by atoms with van der Waals surface area (Å²) in [7, 11) is 0. The van der Waals surface area contributed by atoms with E-state index >= 15 is 0 Å². The number of H-pyrrole nitrogens is 1. The molecule has 0 unspecified atom stereocenters. The summed E-state index contributed by atoms with van der Waals surface area (Å²) >= 11 is 0. The predicted octanol–water partition coefficient (Wildman–Crippen LogP) is 0.726. The average molecular weight is 299 g/mol. The molecule has 8 nitrogen and oxygen atoms in total. The highest BCUT2D eigenvalue weighted by atomic mass is 19.1. The first-order chi connectivity index (χ1) is 10.7. The third-order valence-corrected chi connectivity index (χ3v) is 2.76. The van der Waals surface area contributed by atoms with E-state index in [1.54, 1.807) is 6.20 Å². The van der Waals surface area contributed by atoms with Crippen molar-refractivity contribution >= 4 is 5.91 Å². The summed E-state index contributed by atoms with van der Waals surface area (Å²) in [5, 5.41) is 9.20. The number of hydrogen-bond donors (Lipinski definition) is 2. The van der Waals surface area contributed by atoms with Crippen molar-refractivity contribution in [2.75, 3.05) is 0 Å². The molecular formula is C13H10FN7O. The SMILES string of the molecule is O=C(NCc1nc(-c2cnccn2)n[nH]1)c1ccncc1F. The second-order valence-electron chi connectivity index (χ2n) is 4.23. The molecule has 0 radical (unpaired) electrons. The lowest BCUT2D eigenvalue weighted by atomic mass is 10.2. The number of nitrogens with one attached hydrogen (secondary N) is 2. The summed E-state index contributed by atoms with van der Waals surface area (Å²) in [6.07, 6.45) is 6.92. The summed E-state index contributed by atoms with van der Waals surface area (Å²) in [6, 6.07) is 1.30. The van der Waals surface area contributed by atoms with Crippen LogP contribution in [0.25, 0.3) is 11.5 Å². The van der Waals surface area contributed by atoms with Gasteiger partial charge in [0.15, 0.2) is 5.82 Å². The fourth-order valence-electron chi connectivity index (χ4n) is 1.72. The van der Waals surface area contributed by atoms with Crippen molar-refractivity contribution in [1.29, 1.82) is 0 Å². The molecule has 0 aromatic carbocycles. The standard InChI is InChI=1S/C13H10FN7O/c14-9-5-15-2-1-8(9)13(22)18-7-11-19-12(21-20-11)10-6-16-3-4-17-10/h1-6H,7H2,(H,18,22)(H,19,20,21). The molecule has 2 N–H and O–H groups in total. The molecule has 0 atom stereocenters. The lowest BCUT2D eigenvalue weighted by molar-refractivity contribution is 0.0945. The summed E-state index contributed by atoms with van der Waals surface area (Å²) in [5.74, 6) is -0.453. The Bertz CT molecular complexity index is 790. The lowest BCUT2D eigenvalue weighted by Gasteiger charge is -2.03. The van der Waals surface area contributed by atoms with Gasteiger partial charge in [0.25, 0.3) is 5.91 Å². The first-order valence-corrected chi connectivity index (χ1v) is 6.29. The maximum Gasteiger partial charge on any atom is 0.254 e. The van der Waals surface area contributed by atoms with Crippen LogP contribution in [0.2, 0.25) is 0 Å². The Kier molecular flexibility index (Phi) is 3.77. The highest BCUT2D eigenvalue weighted by molar-refractivity contribution is 5.94. The molecule has 0 aliphatic carbocycles. The average Bonchev–Trinajstić information content (AvgIpc) is 3.03. The maximum atomic E-state index is 13.4. The minimum Gasteiger partial charge on any atom is -0.345 e. The zero-order valence-electron chi connectivity index (χ0n) is 11.2. The van der Waals surface area contributed by atoms with Gasteiger partial charge in [0.05, 0.1) is 24.5 Å². The van der Waals surface area contributed by atoms with Crippen LogP contribution >= 0.6 is 0 Å². The number of aromatic amines is 1. The summed E-state index contributed by atoms with van der Waals surface area (Å²) in [5.41, 5.74) is 0.431. The topological polar surface area (TPSA) is 109 Å². The Labute approximate surface area is 123 Å². The smallest absolute Gasteiger partial charge is 0.254 e. The van der Waals surface area contributed by atoms with E-state index < -0.39 is 11.7 Å². The van der Waals surface area contributed by atoms with Gasteiger partial charge in [-0.25, -0.2) is 14.4 Å². The molecular weight excluding hydrogens is 289 g/mol. The van der Waals surface area contributed by atoms with Crippen molar-refractivity contribution in [2.24, 2.45) is 0 Å². The number of nitrogens with zero attached hydrogens (tertiary/aromatic N) is 5. The van der Waals surface area contributed by atoms with E-state index in [4.69, 9.17) is 0 Å². The number of aromatic nitrogens is 6. The van der Waals surface area contributed by atoms with E-state index in [0.717, 1.165) is 6.20 Å². The van der Waals surface area contributed by atoms with Crippen LogP contribution in [-0.4, -0.2) is 36.0 Å². The molecule has 3 rings (SSSR count). The van der Waals surface area contributed by atoms with Gasteiger partial charge in [0.1, 0.15) is 11.5 Å². The third-order valence-electron chi connectivity index (χ3n) is 2.76. The van der Waals surface area contributed by atoms with E-state index in [1.807, 2.05) is 0 Å². The van der Waals surface area contributed by atoms with Gasteiger partial charge >= 0.3 is 0 Å². The molecule has 9 heteroatoms. The van der Waals surface area contributed by atoms with Gasteiger partial charge in [-0.15, -0.1) is 0 Å². The lowest BCUT2D eigenvalue weighted by Crippen LogP contribution is -2.24. The number of hydrogen-bond acceptors (Lipinski definition) is 6. The Morgan fingerprint density at radius 1 is 1.23 bits per heavy atom. The summed E-state index contributed by atoms with van der Waals surface area (Å²) in [6.45, 7) is 0.0772. The Morgan fingerprint density at radius 3 is 2.86 bits per heavy atom. The van der Waals surface area contributed by atoms with Crippen LogP contribution in [0.1, 0.15) is 16.2 Å². The van der Waals surface area contributed by atoms with Crippen molar-refractivity contribution in [1.82, 2.24) is 35.5 Å². The van der Waals surface area contributed by atoms with E-state index in [9.17, 15) is 9.18 Å². The molecule has 3 aromatic rings. The molecule has 0 fully saturated rings. The van der Waals surface area contributed by atoms with Crippen LogP contribution in [0.15, 0.2) is 37.1 Å². The minimum atomic E-state index is -0.683. The molecule has 0 bridgehead atoms. The first kappa shape index (κ1) is 13.7. The van der Waals surface area contributed by atoms with Crippen molar-refractivity contribution in [2.45, 2.75) is 6.54 Å². The highest BCUT2D eigenvalue weighted by Gasteiger charge is 2.12. The molecule has 0 saturated carbocycles. The molecule has 0 saturated heterocycles. The molecule has 110 valence electrons. The monoisotopic (exact) mass is 299 g/mol. The van der Waals surface area contributed by atoms with Crippen LogP contribution in [0.5, 0.6) is 0 Å².